The second kappa shape index (κ2) is 7.34. The number of amides is 1. The van der Waals surface area contributed by atoms with E-state index in [0.29, 0.717) is 6.42 Å². The SMILES string of the molecule is O=C(CC12CC3CC(CC(C3)C1)C2)NCC(=O)OCc1ccccc1Br. The molecular weight excluding hydrogens is 394 g/mol. The highest BCUT2D eigenvalue weighted by molar-refractivity contribution is 9.10. The van der Waals surface area contributed by atoms with E-state index in [-0.39, 0.29) is 30.4 Å². The molecule has 4 aliphatic rings. The van der Waals surface area contributed by atoms with Gasteiger partial charge in [-0.25, -0.2) is 0 Å². The van der Waals surface area contributed by atoms with Crippen molar-refractivity contribution < 1.29 is 14.3 Å². The van der Waals surface area contributed by atoms with Crippen LogP contribution in [0.4, 0.5) is 0 Å². The lowest BCUT2D eigenvalue weighted by molar-refractivity contribution is -0.146. The van der Waals surface area contributed by atoms with Gasteiger partial charge in [0.2, 0.25) is 5.91 Å². The highest BCUT2D eigenvalue weighted by Crippen LogP contribution is 2.61. The first kappa shape index (κ1) is 18.0. The third kappa shape index (κ3) is 3.98. The van der Waals surface area contributed by atoms with E-state index in [1.165, 1.54) is 38.5 Å². The molecule has 0 radical (unpaired) electrons. The van der Waals surface area contributed by atoms with Gasteiger partial charge in [-0.2, -0.15) is 0 Å². The van der Waals surface area contributed by atoms with E-state index in [2.05, 4.69) is 21.2 Å². The molecule has 0 unspecified atom stereocenters. The molecule has 1 aromatic rings. The Morgan fingerprint density at radius 2 is 1.69 bits per heavy atom. The molecule has 0 atom stereocenters. The summed E-state index contributed by atoms with van der Waals surface area (Å²) in [5.74, 6) is 2.12. The van der Waals surface area contributed by atoms with Crippen LogP contribution in [0.25, 0.3) is 0 Å². The molecular formula is C21H26BrNO3. The van der Waals surface area contributed by atoms with Gasteiger partial charge in [-0.05, 0) is 67.8 Å². The number of hydrogen-bond acceptors (Lipinski definition) is 3. The van der Waals surface area contributed by atoms with Crippen molar-refractivity contribution >= 4 is 27.8 Å². The summed E-state index contributed by atoms with van der Waals surface area (Å²) in [4.78, 5) is 24.4. The van der Waals surface area contributed by atoms with Crippen LogP contribution in [0.2, 0.25) is 0 Å². The number of hydrogen-bond donors (Lipinski definition) is 1. The van der Waals surface area contributed by atoms with Gasteiger partial charge in [0.25, 0.3) is 0 Å². The maximum absolute atomic E-state index is 12.4. The van der Waals surface area contributed by atoms with Crippen LogP contribution < -0.4 is 5.32 Å². The number of ether oxygens (including phenoxy) is 1. The Morgan fingerprint density at radius 3 is 2.31 bits per heavy atom. The third-order valence-corrected chi connectivity index (χ3v) is 7.25. The molecule has 140 valence electrons. The molecule has 4 bridgehead atoms. The first-order chi connectivity index (χ1) is 12.5. The van der Waals surface area contributed by atoms with Crippen molar-refractivity contribution in [3.63, 3.8) is 0 Å². The minimum Gasteiger partial charge on any atom is -0.459 e. The van der Waals surface area contributed by atoms with Crippen LogP contribution in [0.5, 0.6) is 0 Å². The van der Waals surface area contributed by atoms with Crippen LogP contribution in [0.3, 0.4) is 0 Å². The Hall–Kier alpha value is -1.36. The number of carbonyl (C=O) groups is 2. The minimum atomic E-state index is -0.389. The van der Waals surface area contributed by atoms with Crippen LogP contribution in [-0.4, -0.2) is 18.4 Å². The normalized spacial score (nSPS) is 31.7. The lowest BCUT2D eigenvalue weighted by atomic mass is 9.49. The second-order valence-electron chi connectivity index (χ2n) is 8.62. The zero-order valence-corrected chi connectivity index (χ0v) is 16.6. The van der Waals surface area contributed by atoms with E-state index >= 15 is 0 Å². The lowest BCUT2D eigenvalue weighted by Gasteiger charge is -2.56. The van der Waals surface area contributed by atoms with E-state index in [1.54, 1.807) is 0 Å². The molecule has 1 N–H and O–H groups in total. The largest absolute Gasteiger partial charge is 0.459 e. The molecule has 1 amide bonds. The summed E-state index contributed by atoms with van der Waals surface area (Å²) in [5, 5.41) is 2.78. The fourth-order valence-corrected chi connectivity index (χ4v) is 6.30. The molecule has 1 aromatic carbocycles. The Labute approximate surface area is 163 Å². The van der Waals surface area contributed by atoms with Gasteiger partial charge in [-0.1, -0.05) is 34.1 Å². The first-order valence-electron chi connectivity index (χ1n) is 9.67. The Kier molecular flexibility index (Phi) is 5.09. The topological polar surface area (TPSA) is 55.4 Å². The summed E-state index contributed by atoms with van der Waals surface area (Å²) in [7, 11) is 0. The monoisotopic (exact) mass is 419 g/mol. The van der Waals surface area contributed by atoms with Crippen LogP contribution in [0.1, 0.15) is 50.5 Å². The van der Waals surface area contributed by atoms with Gasteiger partial charge >= 0.3 is 5.97 Å². The van der Waals surface area contributed by atoms with Crippen LogP contribution >= 0.6 is 15.9 Å². The summed E-state index contributed by atoms with van der Waals surface area (Å²) < 4.78 is 6.18. The number of carbonyl (C=O) groups excluding carboxylic acids is 2. The van der Waals surface area contributed by atoms with E-state index in [0.717, 1.165) is 27.8 Å². The molecule has 4 aliphatic carbocycles. The predicted molar refractivity (Wildman–Crippen MR) is 102 cm³/mol. The van der Waals surface area contributed by atoms with Gasteiger partial charge in [-0.15, -0.1) is 0 Å². The van der Waals surface area contributed by atoms with Crippen molar-refractivity contribution in [1.82, 2.24) is 5.32 Å². The van der Waals surface area contributed by atoms with Crippen LogP contribution in [-0.2, 0) is 20.9 Å². The van der Waals surface area contributed by atoms with Crippen molar-refractivity contribution in [2.45, 2.75) is 51.6 Å². The van der Waals surface area contributed by atoms with Crippen LogP contribution in [0.15, 0.2) is 28.7 Å². The molecule has 0 heterocycles. The number of halogens is 1. The summed E-state index contributed by atoms with van der Waals surface area (Å²) in [6.45, 7) is 0.167. The van der Waals surface area contributed by atoms with Gasteiger partial charge in [-0.3, -0.25) is 9.59 Å². The number of rotatable bonds is 6. The predicted octanol–water partition coefficient (Wildman–Crippen LogP) is 4.22. The fourth-order valence-electron chi connectivity index (χ4n) is 5.91. The van der Waals surface area contributed by atoms with Crippen LogP contribution in [0, 0.1) is 23.2 Å². The van der Waals surface area contributed by atoms with E-state index in [4.69, 9.17) is 4.74 Å². The van der Waals surface area contributed by atoms with E-state index in [9.17, 15) is 9.59 Å². The van der Waals surface area contributed by atoms with Crippen molar-refractivity contribution in [2.75, 3.05) is 6.54 Å². The Balaban J connectivity index is 1.23. The van der Waals surface area contributed by atoms with Crippen molar-refractivity contribution in [3.8, 4) is 0 Å². The molecule has 0 aromatic heterocycles. The molecule has 4 fully saturated rings. The molecule has 5 rings (SSSR count). The quantitative estimate of drug-likeness (QED) is 0.702. The lowest BCUT2D eigenvalue weighted by Crippen LogP contribution is -2.48. The highest BCUT2D eigenvalue weighted by atomic mass is 79.9. The summed E-state index contributed by atoms with van der Waals surface area (Å²) in [5.41, 5.74) is 1.12. The smallest absolute Gasteiger partial charge is 0.325 e. The summed E-state index contributed by atoms with van der Waals surface area (Å²) in [6, 6.07) is 7.64. The average Bonchev–Trinajstić information content (AvgIpc) is 2.57. The second-order valence-corrected chi connectivity index (χ2v) is 9.48. The fraction of sp³-hybridized carbons (Fsp3) is 0.619. The molecule has 26 heavy (non-hydrogen) atoms. The third-order valence-electron chi connectivity index (χ3n) is 6.48. The maximum Gasteiger partial charge on any atom is 0.325 e. The van der Waals surface area contributed by atoms with Gasteiger partial charge in [0.1, 0.15) is 13.2 Å². The van der Waals surface area contributed by atoms with Crippen molar-refractivity contribution in [2.24, 2.45) is 23.2 Å². The number of benzene rings is 1. The van der Waals surface area contributed by atoms with Gasteiger partial charge in [0.05, 0.1) is 0 Å². The molecule has 5 heteroatoms. The Bertz CT molecular complexity index is 667. The number of nitrogens with one attached hydrogen (secondary N) is 1. The van der Waals surface area contributed by atoms with Crippen molar-refractivity contribution in [3.05, 3.63) is 34.3 Å². The molecule has 0 aliphatic heterocycles. The molecule has 0 spiro atoms. The number of esters is 1. The Morgan fingerprint density at radius 1 is 1.08 bits per heavy atom. The molecule has 4 nitrogen and oxygen atoms in total. The summed E-state index contributed by atoms with van der Waals surface area (Å²) in [6.07, 6.45) is 8.33. The maximum atomic E-state index is 12.4. The molecule has 0 saturated heterocycles. The average molecular weight is 420 g/mol. The highest BCUT2D eigenvalue weighted by Gasteiger charge is 2.51. The minimum absolute atomic E-state index is 0.00444. The zero-order valence-electron chi connectivity index (χ0n) is 15.0. The van der Waals surface area contributed by atoms with Gasteiger partial charge in [0, 0.05) is 16.5 Å². The first-order valence-corrected chi connectivity index (χ1v) is 10.5. The van der Waals surface area contributed by atoms with Gasteiger partial charge in [0.15, 0.2) is 0 Å². The van der Waals surface area contributed by atoms with E-state index in [1.807, 2.05) is 24.3 Å². The molecule has 4 saturated carbocycles. The zero-order chi connectivity index (χ0) is 18.1. The van der Waals surface area contributed by atoms with Gasteiger partial charge < -0.3 is 10.1 Å². The van der Waals surface area contributed by atoms with E-state index < -0.39 is 0 Å². The summed E-state index contributed by atoms with van der Waals surface area (Å²) >= 11 is 3.44. The van der Waals surface area contributed by atoms with Crippen molar-refractivity contribution in [1.29, 1.82) is 0 Å². The standard InChI is InChI=1S/C21H26BrNO3/c22-18-4-2-1-3-17(18)13-26-20(25)12-23-19(24)11-21-8-14-5-15(9-21)7-16(6-14)10-21/h1-4,14-16H,5-13H2,(H,23,24).